The molecule has 0 bridgehead atoms. The van der Waals surface area contributed by atoms with Crippen LogP contribution in [0.5, 0.6) is 5.75 Å². The summed E-state index contributed by atoms with van der Waals surface area (Å²) in [5.74, 6) is 0.738. The number of carbonyl (C=O) groups excluding carboxylic acids is 1. The number of ether oxygens (including phenoxy) is 1. The fraction of sp³-hybridized carbons (Fsp3) is 0.533. The van der Waals surface area contributed by atoms with Crippen molar-refractivity contribution in [1.82, 2.24) is 5.32 Å². The second-order valence-corrected chi connectivity index (χ2v) is 4.76. The topological polar surface area (TPSA) is 38.3 Å². The van der Waals surface area contributed by atoms with Crippen LogP contribution in [0.3, 0.4) is 0 Å². The van der Waals surface area contributed by atoms with E-state index in [0.717, 1.165) is 23.3 Å². The molecule has 0 aliphatic heterocycles. The highest BCUT2D eigenvalue weighted by molar-refractivity contribution is 5.80. The van der Waals surface area contributed by atoms with E-state index in [2.05, 4.69) is 18.3 Å². The van der Waals surface area contributed by atoms with E-state index in [9.17, 15) is 4.79 Å². The van der Waals surface area contributed by atoms with Gasteiger partial charge in [-0.25, -0.2) is 0 Å². The van der Waals surface area contributed by atoms with E-state index >= 15 is 0 Å². The minimum atomic E-state index is -0.462. The first-order valence-electron chi connectivity index (χ1n) is 6.48. The Morgan fingerprint density at radius 3 is 2.61 bits per heavy atom. The molecule has 1 amide bonds. The molecule has 1 rings (SSSR count). The Balaban J connectivity index is 2.75. The standard InChI is InChI=1S/C15H23NO2/c1-6-7-16-15(17)13(5)18-14-9-10(2)8-11(3)12(14)4/h8-9,13H,6-7H2,1-5H3,(H,16,17). The zero-order chi connectivity index (χ0) is 13.7. The highest BCUT2D eigenvalue weighted by Crippen LogP contribution is 2.24. The van der Waals surface area contributed by atoms with Crippen LogP contribution in [0.25, 0.3) is 0 Å². The molecule has 18 heavy (non-hydrogen) atoms. The second-order valence-electron chi connectivity index (χ2n) is 4.76. The fourth-order valence-electron chi connectivity index (χ4n) is 1.76. The van der Waals surface area contributed by atoms with Gasteiger partial charge in [-0.3, -0.25) is 4.79 Å². The molecule has 1 N–H and O–H groups in total. The summed E-state index contributed by atoms with van der Waals surface area (Å²) in [4.78, 5) is 11.8. The maximum atomic E-state index is 11.8. The molecule has 0 radical (unpaired) electrons. The average Bonchev–Trinajstić information content (AvgIpc) is 2.32. The number of amides is 1. The van der Waals surface area contributed by atoms with Gasteiger partial charge in [0.1, 0.15) is 5.75 Å². The summed E-state index contributed by atoms with van der Waals surface area (Å²) in [5, 5.41) is 2.84. The van der Waals surface area contributed by atoms with Crippen LogP contribution in [0.2, 0.25) is 0 Å². The first kappa shape index (κ1) is 14.6. The molecule has 0 saturated heterocycles. The normalized spacial score (nSPS) is 12.1. The predicted molar refractivity (Wildman–Crippen MR) is 74.0 cm³/mol. The van der Waals surface area contributed by atoms with Crippen molar-refractivity contribution < 1.29 is 9.53 Å². The monoisotopic (exact) mass is 249 g/mol. The molecular weight excluding hydrogens is 226 g/mol. The zero-order valence-corrected chi connectivity index (χ0v) is 12.0. The second kappa shape index (κ2) is 6.43. The van der Waals surface area contributed by atoms with Crippen LogP contribution in [-0.4, -0.2) is 18.6 Å². The molecule has 0 saturated carbocycles. The minimum Gasteiger partial charge on any atom is -0.481 e. The summed E-state index contributed by atoms with van der Waals surface area (Å²) >= 11 is 0. The number of hydrogen-bond acceptors (Lipinski definition) is 2. The molecule has 3 nitrogen and oxygen atoms in total. The van der Waals surface area contributed by atoms with E-state index in [1.54, 1.807) is 6.92 Å². The van der Waals surface area contributed by atoms with E-state index in [1.165, 1.54) is 5.56 Å². The first-order chi connectivity index (χ1) is 8.45. The zero-order valence-electron chi connectivity index (χ0n) is 12.0. The van der Waals surface area contributed by atoms with Crippen molar-refractivity contribution in [3.05, 3.63) is 28.8 Å². The number of rotatable bonds is 5. The SMILES string of the molecule is CCCNC(=O)C(C)Oc1cc(C)cc(C)c1C. The molecule has 0 heterocycles. The van der Waals surface area contributed by atoms with Crippen molar-refractivity contribution in [2.75, 3.05) is 6.54 Å². The van der Waals surface area contributed by atoms with E-state index in [1.807, 2.05) is 26.8 Å². The summed E-state index contributed by atoms with van der Waals surface area (Å²) in [6.45, 7) is 10.6. The van der Waals surface area contributed by atoms with Gasteiger partial charge in [0, 0.05) is 6.54 Å². The Kier molecular flexibility index (Phi) is 5.20. The van der Waals surface area contributed by atoms with Gasteiger partial charge < -0.3 is 10.1 Å². The van der Waals surface area contributed by atoms with Crippen molar-refractivity contribution >= 4 is 5.91 Å². The summed E-state index contributed by atoms with van der Waals surface area (Å²) in [6, 6.07) is 4.09. The minimum absolute atomic E-state index is 0.0598. The third-order valence-corrected chi connectivity index (χ3v) is 2.99. The van der Waals surface area contributed by atoms with Crippen LogP contribution < -0.4 is 10.1 Å². The Morgan fingerprint density at radius 1 is 1.33 bits per heavy atom. The Labute approximate surface area is 110 Å². The lowest BCUT2D eigenvalue weighted by Crippen LogP contribution is -2.36. The molecule has 1 aromatic rings. The molecule has 0 aliphatic rings. The average molecular weight is 249 g/mol. The van der Waals surface area contributed by atoms with E-state index < -0.39 is 6.10 Å². The maximum Gasteiger partial charge on any atom is 0.260 e. The molecule has 1 unspecified atom stereocenters. The fourth-order valence-corrected chi connectivity index (χ4v) is 1.76. The van der Waals surface area contributed by atoms with Crippen molar-refractivity contribution in [1.29, 1.82) is 0 Å². The van der Waals surface area contributed by atoms with Crippen LogP contribution in [0.4, 0.5) is 0 Å². The smallest absolute Gasteiger partial charge is 0.260 e. The molecular formula is C15H23NO2. The number of nitrogens with one attached hydrogen (secondary N) is 1. The lowest BCUT2D eigenvalue weighted by Gasteiger charge is -2.17. The van der Waals surface area contributed by atoms with Gasteiger partial charge in [-0.2, -0.15) is 0 Å². The van der Waals surface area contributed by atoms with Gasteiger partial charge in [-0.1, -0.05) is 13.0 Å². The van der Waals surface area contributed by atoms with Gasteiger partial charge in [0.2, 0.25) is 0 Å². The summed E-state index contributed by atoms with van der Waals surface area (Å²) in [6.07, 6.45) is 0.470. The maximum absolute atomic E-state index is 11.8. The Hall–Kier alpha value is -1.51. The van der Waals surface area contributed by atoms with E-state index in [-0.39, 0.29) is 5.91 Å². The lowest BCUT2D eigenvalue weighted by atomic mass is 10.1. The van der Waals surface area contributed by atoms with E-state index in [0.29, 0.717) is 6.54 Å². The predicted octanol–water partition coefficient (Wildman–Crippen LogP) is 2.91. The highest BCUT2D eigenvalue weighted by Gasteiger charge is 2.15. The number of hydrogen-bond donors (Lipinski definition) is 1. The van der Waals surface area contributed by atoms with Crippen LogP contribution in [-0.2, 0) is 4.79 Å². The quantitative estimate of drug-likeness (QED) is 0.871. The van der Waals surface area contributed by atoms with Crippen molar-refractivity contribution in [3.63, 3.8) is 0 Å². The Bertz CT molecular complexity index is 427. The molecule has 1 atom stereocenters. The molecule has 0 fully saturated rings. The summed E-state index contributed by atoms with van der Waals surface area (Å²) in [5.41, 5.74) is 3.43. The molecule has 3 heteroatoms. The van der Waals surface area contributed by atoms with Crippen LogP contribution in [0.15, 0.2) is 12.1 Å². The molecule has 0 aliphatic carbocycles. The third kappa shape index (κ3) is 3.76. The van der Waals surface area contributed by atoms with Gasteiger partial charge in [-0.05, 0) is 56.9 Å². The van der Waals surface area contributed by atoms with Gasteiger partial charge in [0.25, 0.3) is 5.91 Å². The number of carbonyl (C=O) groups is 1. The van der Waals surface area contributed by atoms with Gasteiger partial charge >= 0.3 is 0 Å². The van der Waals surface area contributed by atoms with Crippen LogP contribution >= 0.6 is 0 Å². The largest absolute Gasteiger partial charge is 0.481 e. The van der Waals surface area contributed by atoms with Crippen LogP contribution in [0.1, 0.15) is 37.0 Å². The van der Waals surface area contributed by atoms with Gasteiger partial charge in [-0.15, -0.1) is 0 Å². The van der Waals surface area contributed by atoms with Crippen molar-refractivity contribution in [3.8, 4) is 5.75 Å². The molecule has 100 valence electrons. The van der Waals surface area contributed by atoms with Crippen molar-refractivity contribution in [2.24, 2.45) is 0 Å². The number of benzene rings is 1. The summed E-state index contributed by atoms with van der Waals surface area (Å²) < 4.78 is 5.75. The van der Waals surface area contributed by atoms with Gasteiger partial charge in [0.05, 0.1) is 0 Å². The highest BCUT2D eigenvalue weighted by atomic mass is 16.5. The number of aryl methyl sites for hydroxylation is 2. The first-order valence-corrected chi connectivity index (χ1v) is 6.48. The van der Waals surface area contributed by atoms with Crippen LogP contribution in [0, 0.1) is 20.8 Å². The third-order valence-electron chi connectivity index (χ3n) is 2.99. The van der Waals surface area contributed by atoms with E-state index in [4.69, 9.17) is 4.74 Å². The van der Waals surface area contributed by atoms with Crippen molar-refractivity contribution in [2.45, 2.75) is 47.1 Å². The summed E-state index contributed by atoms with van der Waals surface area (Å²) in [7, 11) is 0. The lowest BCUT2D eigenvalue weighted by molar-refractivity contribution is -0.127. The molecule has 0 spiro atoms. The van der Waals surface area contributed by atoms with Gasteiger partial charge in [0.15, 0.2) is 6.10 Å². The molecule has 0 aromatic heterocycles. The Morgan fingerprint density at radius 2 is 2.00 bits per heavy atom. The molecule has 1 aromatic carbocycles.